The van der Waals surface area contributed by atoms with E-state index in [4.69, 9.17) is 0 Å². The first-order valence-electron chi connectivity index (χ1n) is 4.64. The molecular formula is C9H16F3NO. The molecular weight excluding hydrogens is 195 g/mol. The second-order valence-electron chi connectivity index (χ2n) is 3.47. The minimum atomic E-state index is -4.24. The molecule has 0 aliphatic heterocycles. The lowest BCUT2D eigenvalue weighted by atomic mass is 10.0. The van der Waals surface area contributed by atoms with E-state index in [1.54, 1.807) is 0 Å². The molecule has 0 spiro atoms. The van der Waals surface area contributed by atoms with Crippen molar-refractivity contribution < 1.29 is 18.0 Å². The quantitative estimate of drug-likeness (QED) is 0.729. The first kappa shape index (κ1) is 13.4. The Bertz CT molecular complexity index is 179. The predicted octanol–water partition coefficient (Wildman–Crippen LogP) is 2.14. The van der Waals surface area contributed by atoms with Crippen molar-refractivity contribution in [2.75, 3.05) is 13.1 Å². The van der Waals surface area contributed by atoms with Gasteiger partial charge in [0.2, 0.25) is 0 Å². The minimum Gasteiger partial charge on any atom is -0.302 e. The summed E-state index contributed by atoms with van der Waals surface area (Å²) in [5, 5.41) is 2.08. The molecule has 0 saturated heterocycles. The maximum atomic E-state index is 11.7. The van der Waals surface area contributed by atoms with Gasteiger partial charge in [0.05, 0.1) is 13.1 Å². The van der Waals surface area contributed by atoms with Crippen LogP contribution in [0.3, 0.4) is 0 Å². The second-order valence-corrected chi connectivity index (χ2v) is 3.47. The van der Waals surface area contributed by atoms with Gasteiger partial charge in [-0.1, -0.05) is 20.3 Å². The Labute approximate surface area is 81.9 Å². The van der Waals surface area contributed by atoms with Gasteiger partial charge in [-0.3, -0.25) is 4.79 Å². The number of halogens is 3. The van der Waals surface area contributed by atoms with E-state index in [0.717, 1.165) is 6.42 Å². The maximum Gasteiger partial charge on any atom is 0.401 e. The van der Waals surface area contributed by atoms with Gasteiger partial charge in [-0.25, -0.2) is 0 Å². The SMILES string of the molecule is CCC(C)CC(=O)CNCC(F)(F)F. The van der Waals surface area contributed by atoms with Crippen molar-refractivity contribution >= 4 is 5.78 Å². The largest absolute Gasteiger partial charge is 0.401 e. The van der Waals surface area contributed by atoms with Crippen LogP contribution < -0.4 is 5.32 Å². The molecule has 0 aromatic heterocycles. The Morgan fingerprint density at radius 3 is 2.43 bits per heavy atom. The van der Waals surface area contributed by atoms with Gasteiger partial charge in [-0.15, -0.1) is 0 Å². The Morgan fingerprint density at radius 2 is 2.00 bits per heavy atom. The molecule has 0 rings (SSSR count). The summed E-state index contributed by atoms with van der Waals surface area (Å²) < 4.78 is 35.0. The number of carbonyl (C=O) groups is 1. The standard InChI is InChI=1S/C9H16F3NO/c1-3-7(2)4-8(14)5-13-6-9(10,11)12/h7,13H,3-6H2,1-2H3. The Balaban J connectivity index is 3.55. The number of rotatable bonds is 6. The van der Waals surface area contributed by atoms with Crippen LogP contribution in [0.4, 0.5) is 13.2 Å². The molecule has 2 nitrogen and oxygen atoms in total. The van der Waals surface area contributed by atoms with Gasteiger partial charge in [-0.2, -0.15) is 13.2 Å². The first-order chi connectivity index (χ1) is 6.35. The van der Waals surface area contributed by atoms with E-state index in [1.165, 1.54) is 0 Å². The van der Waals surface area contributed by atoms with E-state index < -0.39 is 12.7 Å². The van der Waals surface area contributed by atoms with Crippen LogP contribution in [0.1, 0.15) is 26.7 Å². The van der Waals surface area contributed by atoms with Crippen LogP contribution in [0.2, 0.25) is 0 Å². The number of alkyl halides is 3. The molecule has 0 heterocycles. The average Bonchev–Trinajstić information content (AvgIpc) is 2.01. The van der Waals surface area contributed by atoms with E-state index in [1.807, 2.05) is 13.8 Å². The van der Waals surface area contributed by atoms with Gasteiger partial charge in [0.1, 0.15) is 5.78 Å². The maximum absolute atomic E-state index is 11.7. The molecule has 0 fully saturated rings. The summed E-state index contributed by atoms with van der Waals surface area (Å²) in [7, 11) is 0. The molecule has 0 aliphatic carbocycles. The fraction of sp³-hybridized carbons (Fsp3) is 0.889. The summed E-state index contributed by atoms with van der Waals surface area (Å²) in [6.45, 7) is 2.56. The molecule has 1 N–H and O–H groups in total. The topological polar surface area (TPSA) is 29.1 Å². The Morgan fingerprint density at radius 1 is 1.43 bits per heavy atom. The number of hydrogen-bond acceptors (Lipinski definition) is 2. The zero-order chi connectivity index (χ0) is 11.2. The highest BCUT2D eigenvalue weighted by Crippen LogP contribution is 2.12. The number of hydrogen-bond donors (Lipinski definition) is 1. The van der Waals surface area contributed by atoms with E-state index in [-0.39, 0.29) is 18.2 Å². The van der Waals surface area contributed by atoms with Gasteiger partial charge >= 0.3 is 6.18 Å². The monoisotopic (exact) mass is 211 g/mol. The number of Topliss-reactive ketones (excluding diaryl/α,β-unsaturated/α-hetero) is 1. The van der Waals surface area contributed by atoms with E-state index in [9.17, 15) is 18.0 Å². The summed E-state index contributed by atoms with van der Waals surface area (Å²) in [6.07, 6.45) is -3.02. The number of ketones is 1. The third kappa shape index (κ3) is 8.04. The zero-order valence-electron chi connectivity index (χ0n) is 8.45. The summed E-state index contributed by atoms with van der Waals surface area (Å²) in [5.74, 6) is 0.0822. The molecule has 0 aliphatic rings. The van der Waals surface area contributed by atoms with Gasteiger partial charge in [0.25, 0.3) is 0 Å². The summed E-state index contributed by atoms with van der Waals surface area (Å²) in [6, 6.07) is 0. The van der Waals surface area contributed by atoms with E-state index in [2.05, 4.69) is 5.32 Å². The lowest BCUT2D eigenvalue weighted by Crippen LogP contribution is -2.33. The molecule has 0 bridgehead atoms. The lowest BCUT2D eigenvalue weighted by molar-refractivity contribution is -0.128. The first-order valence-corrected chi connectivity index (χ1v) is 4.64. The highest BCUT2D eigenvalue weighted by Gasteiger charge is 2.26. The van der Waals surface area contributed by atoms with Crippen LogP contribution in [-0.2, 0) is 4.79 Å². The van der Waals surface area contributed by atoms with Gasteiger partial charge < -0.3 is 5.32 Å². The molecule has 84 valence electrons. The minimum absolute atomic E-state index is 0.163. The summed E-state index contributed by atoms with van der Waals surface area (Å²) in [5.41, 5.74) is 0. The molecule has 5 heteroatoms. The van der Waals surface area contributed by atoms with Crippen molar-refractivity contribution in [1.82, 2.24) is 5.32 Å². The number of carbonyl (C=O) groups excluding carboxylic acids is 1. The van der Waals surface area contributed by atoms with E-state index >= 15 is 0 Å². The zero-order valence-corrected chi connectivity index (χ0v) is 8.45. The molecule has 0 aromatic carbocycles. The predicted molar refractivity (Wildman–Crippen MR) is 48.0 cm³/mol. The van der Waals surface area contributed by atoms with Crippen molar-refractivity contribution in [3.05, 3.63) is 0 Å². The van der Waals surface area contributed by atoms with Crippen molar-refractivity contribution in [3.8, 4) is 0 Å². The fourth-order valence-corrected chi connectivity index (χ4v) is 0.949. The van der Waals surface area contributed by atoms with Crippen LogP contribution in [0.15, 0.2) is 0 Å². The van der Waals surface area contributed by atoms with Gasteiger partial charge in [0, 0.05) is 6.42 Å². The van der Waals surface area contributed by atoms with Crippen LogP contribution in [0.25, 0.3) is 0 Å². The molecule has 0 radical (unpaired) electrons. The molecule has 14 heavy (non-hydrogen) atoms. The van der Waals surface area contributed by atoms with Crippen LogP contribution in [0.5, 0.6) is 0 Å². The Hall–Kier alpha value is -0.580. The normalized spacial score (nSPS) is 14.1. The van der Waals surface area contributed by atoms with Gasteiger partial charge in [-0.05, 0) is 5.92 Å². The smallest absolute Gasteiger partial charge is 0.302 e. The molecule has 0 amide bonds. The highest BCUT2D eigenvalue weighted by molar-refractivity contribution is 5.80. The highest BCUT2D eigenvalue weighted by atomic mass is 19.4. The third-order valence-corrected chi connectivity index (χ3v) is 1.92. The van der Waals surface area contributed by atoms with Crippen LogP contribution in [0, 0.1) is 5.92 Å². The van der Waals surface area contributed by atoms with Crippen molar-refractivity contribution in [2.24, 2.45) is 5.92 Å². The number of nitrogens with one attached hydrogen (secondary N) is 1. The average molecular weight is 211 g/mol. The van der Waals surface area contributed by atoms with Crippen LogP contribution in [-0.4, -0.2) is 25.0 Å². The van der Waals surface area contributed by atoms with Crippen molar-refractivity contribution in [1.29, 1.82) is 0 Å². The molecule has 1 atom stereocenters. The summed E-state index contributed by atoms with van der Waals surface area (Å²) in [4.78, 5) is 11.1. The molecule has 0 saturated carbocycles. The lowest BCUT2D eigenvalue weighted by Gasteiger charge is -2.09. The third-order valence-electron chi connectivity index (χ3n) is 1.92. The van der Waals surface area contributed by atoms with Crippen molar-refractivity contribution in [3.63, 3.8) is 0 Å². The van der Waals surface area contributed by atoms with Crippen molar-refractivity contribution in [2.45, 2.75) is 32.9 Å². The second kappa shape index (κ2) is 6.01. The summed E-state index contributed by atoms with van der Waals surface area (Å²) >= 11 is 0. The van der Waals surface area contributed by atoms with Gasteiger partial charge in [0.15, 0.2) is 0 Å². The fourth-order valence-electron chi connectivity index (χ4n) is 0.949. The Kier molecular flexibility index (Phi) is 5.76. The van der Waals surface area contributed by atoms with Crippen LogP contribution >= 0.6 is 0 Å². The van der Waals surface area contributed by atoms with E-state index in [0.29, 0.717) is 6.42 Å². The molecule has 0 aromatic rings. The molecule has 1 unspecified atom stereocenters.